The van der Waals surface area contributed by atoms with Gasteiger partial charge in [-0.2, -0.15) is 4.98 Å². The van der Waals surface area contributed by atoms with Crippen LogP contribution in [-0.4, -0.2) is 28.0 Å². The summed E-state index contributed by atoms with van der Waals surface area (Å²) in [6, 6.07) is 7.70. The smallest absolute Gasteiger partial charge is 0.329 e. The van der Waals surface area contributed by atoms with E-state index in [4.69, 9.17) is 17.3 Å². The quantitative estimate of drug-likeness (QED) is 0.665. The molecule has 0 spiro atoms. The van der Waals surface area contributed by atoms with Crippen LogP contribution in [0.1, 0.15) is 25.3 Å². The van der Waals surface area contributed by atoms with Gasteiger partial charge in [-0.25, -0.2) is 4.98 Å². The third-order valence-electron chi connectivity index (χ3n) is 4.03. The highest BCUT2D eigenvalue weighted by molar-refractivity contribution is 6.30. The summed E-state index contributed by atoms with van der Waals surface area (Å²) < 4.78 is 0. The van der Waals surface area contributed by atoms with Crippen LogP contribution in [0.5, 0.6) is 0 Å². The predicted octanol–water partition coefficient (Wildman–Crippen LogP) is 3.25. The molecule has 0 unspecified atom stereocenters. The van der Waals surface area contributed by atoms with Crippen molar-refractivity contribution in [3.63, 3.8) is 0 Å². The van der Waals surface area contributed by atoms with Crippen LogP contribution in [0.3, 0.4) is 0 Å². The summed E-state index contributed by atoms with van der Waals surface area (Å²) in [5.74, 6) is 0.386. The molecule has 2 N–H and O–H groups in total. The third-order valence-corrected chi connectivity index (χ3v) is 4.28. The molecular formula is C15H18ClN5O2. The second-order valence-electron chi connectivity index (χ2n) is 5.39. The van der Waals surface area contributed by atoms with Gasteiger partial charge in [-0.05, 0) is 24.6 Å². The average molecular weight is 336 g/mol. The molecule has 1 aromatic carbocycles. The Labute approximate surface area is 139 Å². The molecule has 7 nitrogen and oxygen atoms in total. The molecule has 2 atom stereocenters. The number of rotatable bonds is 5. The fraction of sp³-hybridized carbons (Fsp3) is 0.333. The highest BCUT2D eigenvalue weighted by Gasteiger charge is 2.23. The largest absolute Gasteiger partial charge is 0.378 e. The van der Waals surface area contributed by atoms with Crippen molar-refractivity contribution in [2.45, 2.75) is 25.8 Å². The van der Waals surface area contributed by atoms with Crippen LogP contribution in [0.4, 0.5) is 17.5 Å². The van der Waals surface area contributed by atoms with E-state index in [9.17, 15) is 10.1 Å². The molecule has 0 aliphatic carbocycles. The van der Waals surface area contributed by atoms with E-state index >= 15 is 0 Å². The lowest BCUT2D eigenvalue weighted by atomic mass is 9.94. The number of aromatic nitrogens is 2. The standard InChI is InChI=1S/C15H18ClN5O2/c1-9(11-4-6-12(16)7-5-11)10(2)20(3)15-18-8-13(21(22)23)14(17)19-15/h4-10H,1-3H3,(H2,17,18,19)/t9-,10+/m0/s1. The molecule has 122 valence electrons. The first-order chi connectivity index (χ1) is 10.8. The van der Waals surface area contributed by atoms with Gasteiger partial charge in [-0.15, -0.1) is 0 Å². The number of nitrogens with two attached hydrogens (primary N) is 1. The minimum Gasteiger partial charge on any atom is -0.378 e. The van der Waals surface area contributed by atoms with Gasteiger partial charge in [0.15, 0.2) is 0 Å². The van der Waals surface area contributed by atoms with Crippen LogP contribution in [0.15, 0.2) is 30.5 Å². The first-order valence-electron chi connectivity index (χ1n) is 7.06. The summed E-state index contributed by atoms with van der Waals surface area (Å²) >= 11 is 5.91. The minimum absolute atomic E-state index is 0.0528. The summed E-state index contributed by atoms with van der Waals surface area (Å²) in [7, 11) is 1.83. The Hall–Kier alpha value is -2.41. The molecule has 2 aromatic rings. The van der Waals surface area contributed by atoms with Gasteiger partial charge in [-0.1, -0.05) is 30.7 Å². The van der Waals surface area contributed by atoms with Crippen molar-refractivity contribution in [1.29, 1.82) is 0 Å². The number of nitrogen functional groups attached to an aromatic ring is 1. The van der Waals surface area contributed by atoms with Gasteiger partial charge >= 0.3 is 5.69 Å². The monoisotopic (exact) mass is 335 g/mol. The van der Waals surface area contributed by atoms with Gasteiger partial charge in [0.05, 0.1) is 4.92 Å². The van der Waals surface area contributed by atoms with Gasteiger partial charge in [0.1, 0.15) is 6.20 Å². The second-order valence-corrected chi connectivity index (χ2v) is 5.83. The Balaban J connectivity index is 2.21. The lowest BCUT2D eigenvalue weighted by Gasteiger charge is -2.30. The van der Waals surface area contributed by atoms with Crippen molar-refractivity contribution in [1.82, 2.24) is 9.97 Å². The van der Waals surface area contributed by atoms with Crippen LogP contribution in [0.25, 0.3) is 0 Å². The third kappa shape index (κ3) is 3.68. The fourth-order valence-corrected chi connectivity index (χ4v) is 2.38. The zero-order valence-corrected chi connectivity index (χ0v) is 13.9. The lowest BCUT2D eigenvalue weighted by molar-refractivity contribution is -0.384. The molecule has 0 aliphatic heterocycles. The molecule has 1 heterocycles. The number of halogens is 1. The highest BCUT2D eigenvalue weighted by Crippen LogP contribution is 2.27. The topological polar surface area (TPSA) is 98.2 Å². The van der Waals surface area contributed by atoms with Gasteiger partial charge < -0.3 is 10.6 Å². The van der Waals surface area contributed by atoms with Crippen molar-refractivity contribution in [2.24, 2.45) is 0 Å². The van der Waals surface area contributed by atoms with E-state index in [1.54, 1.807) is 0 Å². The molecular weight excluding hydrogens is 318 g/mol. The molecule has 0 saturated carbocycles. The van der Waals surface area contributed by atoms with E-state index in [0.29, 0.717) is 11.0 Å². The van der Waals surface area contributed by atoms with E-state index in [-0.39, 0.29) is 23.5 Å². The summed E-state index contributed by atoms with van der Waals surface area (Å²) in [5, 5.41) is 11.5. The van der Waals surface area contributed by atoms with Crippen molar-refractivity contribution >= 4 is 29.1 Å². The lowest BCUT2D eigenvalue weighted by Crippen LogP contribution is -2.34. The molecule has 0 radical (unpaired) electrons. The van der Waals surface area contributed by atoms with E-state index in [0.717, 1.165) is 11.8 Å². The van der Waals surface area contributed by atoms with Gasteiger partial charge in [0.2, 0.25) is 11.8 Å². The average Bonchev–Trinajstić information content (AvgIpc) is 2.53. The number of nitrogens with zero attached hydrogens (tertiary/aromatic N) is 4. The maximum absolute atomic E-state index is 10.8. The van der Waals surface area contributed by atoms with Gasteiger partial charge in [-0.3, -0.25) is 10.1 Å². The van der Waals surface area contributed by atoms with Crippen LogP contribution in [0, 0.1) is 10.1 Å². The zero-order valence-electron chi connectivity index (χ0n) is 13.1. The molecule has 0 bridgehead atoms. The summed E-state index contributed by atoms with van der Waals surface area (Å²) in [6.07, 6.45) is 1.13. The number of likely N-dealkylation sites (N-methyl/N-ethyl adjacent to an activating group) is 1. The van der Waals surface area contributed by atoms with Gasteiger partial charge in [0, 0.05) is 24.0 Å². The first kappa shape index (κ1) is 17.0. The highest BCUT2D eigenvalue weighted by atomic mass is 35.5. The number of hydrogen-bond donors (Lipinski definition) is 1. The van der Waals surface area contributed by atoms with E-state index in [1.165, 1.54) is 0 Å². The maximum atomic E-state index is 10.8. The normalized spacial score (nSPS) is 13.4. The fourth-order valence-electron chi connectivity index (χ4n) is 2.25. The maximum Gasteiger partial charge on any atom is 0.329 e. The Bertz CT molecular complexity index is 708. The predicted molar refractivity (Wildman–Crippen MR) is 90.8 cm³/mol. The SMILES string of the molecule is C[C@H](c1ccc(Cl)cc1)[C@@H](C)N(C)c1ncc([N+](=O)[O-])c(N)n1. The van der Waals surface area contributed by atoms with Crippen molar-refractivity contribution in [3.05, 3.63) is 51.2 Å². The molecule has 23 heavy (non-hydrogen) atoms. The molecule has 1 aromatic heterocycles. The summed E-state index contributed by atoms with van der Waals surface area (Å²) in [5.41, 5.74) is 6.47. The molecule has 8 heteroatoms. The summed E-state index contributed by atoms with van der Waals surface area (Å²) in [4.78, 5) is 20.1. The molecule has 0 aliphatic rings. The molecule has 0 fully saturated rings. The van der Waals surface area contributed by atoms with Crippen molar-refractivity contribution in [3.8, 4) is 0 Å². The Morgan fingerprint density at radius 2 is 1.91 bits per heavy atom. The number of benzene rings is 1. The second kappa shape index (κ2) is 6.78. The molecule has 0 saturated heterocycles. The van der Waals surface area contributed by atoms with E-state index < -0.39 is 4.92 Å². The summed E-state index contributed by atoms with van der Waals surface area (Å²) in [6.45, 7) is 4.11. The Kier molecular flexibility index (Phi) is 5.00. The Morgan fingerprint density at radius 3 is 2.43 bits per heavy atom. The van der Waals surface area contributed by atoms with Crippen molar-refractivity contribution < 1.29 is 4.92 Å². The van der Waals surface area contributed by atoms with Crippen molar-refractivity contribution in [2.75, 3.05) is 17.7 Å². The number of hydrogen-bond acceptors (Lipinski definition) is 6. The van der Waals surface area contributed by atoms with Crippen LogP contribution >= 0.6 is 11.6 Å². The molecule has 2 rings (SSSR count). The number of nitro groups is 1. The van der Waals surface area contributed by atoms with Crippen LogP contribution in [-0.2, 0) is 0 Å². The van der Waals surface area contributed by atoms with Gasteiger partial charge in [0.25, 0.3) is 0 Å². The zero-order chi connectivity index (χ0) is 17.1. The minimum atomic E-state index is -0.598. The van der Waals surface area contributed by atoms with Crippen LogP contribution in [0.2, 0.25) is 5.02 Å². The van der Waals surface area contributed by atoms with Crippen LogP contribution < -0.4 is 10.6 Å². The first-order valence-corrected chi connectivity index (χ1v) is 7.44. The van der Waals surface area contributed by atoms with E-state index in [1.807, 2.05) is 43.1 Å². The number of anilines is 2. The van der Waals surface area contributed by atoms with E-state index in [2.05, 4.69) is 16.9 Å². The Morgan fingerprint density at radius 1 is 1.30 bits per heavy atom. The molecule has 0 amide bonds.